The molecular weight excluding hydrogens is 341 g/mol. The molecule has 0 aliphatic carbocycles. The first-order chi connectivity index (χ1) is 9.12. The van der Waals surface area contributed by atoms with Crippen molar-refractivity contribution in [3.05, 3.63) is 27.4 Å². The van der Waals surface area contributed by atoms with Gasteiger partial charge in [0, 0.05) is 5.39 Å². The molecule has 0 unspecified atom stereocenters. The van der Waals surface area contributed by atoms with E-state index in [2.05, 4.69) is 25.9 Å². The van der Waals surface area contributed by atoms with Gasteiger partial charge in [0.15, 0.2) is 11.3 Å². The van der Waals surface area contributed by atoms with Gasteiger partial charge in [-0.1, -0.05) is 0 Å². The van der Waals surface area contributed by atoms with Crippen LogP contribution in [0.1, 0.15) is 21.6 Å². The van der Waals surface area contributed by atoms with Crippen molar-refractivity contribution in [1.29, 1.82) is 0 Å². The van der Waals surface area contributed by atoms with Crippen LogP contribution in [-0.4, -0.2) is 15.9 Å². The van der Waals surface area contributed by atoms with E-state index in [0.29, 0.717) is 0 Å². The van der Waals surface area contributed by atoms with Crippen LogP contribution in [0.15, 0.2) is 10.5 Å². The highest BCUT2D eigenvalue weighted by atomic mass is 79.9. The normalized spacial score (nSPS) is 11.8. The summed E-state index contributed by atoms with van der Waals surface area (Å²) in [5.74, 6) is -1.07. The second-order valence-electron chi connectivity index (χ2n) is 4.05. The van der Waals surface area contributed by atoms with Gasteiger partial charge in [-0.3, -0.25) is 4.79 Å². The number of carbonyl (C=O) groups excluding carboxylic acids is 1. The Bertz CT molecular complexity index is 730. The average molecular weight is 349 g/mol. The molecule has 0 aliphatic rings. The van der Waals surface area contributed by atoms with E-state index in [9.17, 15) is 18.0 Å². The third-order valence-electron chi connectivity index (χ3n) is 2.72. The lowest BCUT2D eigenvalue weighted by atomic mass is 10.1. The maximum atomic E-state index is 12.8. The minimum absolute atomic E-state index is 0.0611. The topological polar surface area (TPSA) is 94.9 Å². The summed E-state index contributed by atoms with van der Waals surface area (Å²) < 4.78 is 38.3. The fourth-order valence-electron chi connectivity index (χ4n) is 1.71. The van der Waals surface area contributed by atoms with Gasteiger partial charge in [0.25, 0.3) is 5.91 Å². The minimum Gasteiger partial charge on any atom is -0.383 e. The van der Waals surface area contributed by atoms with E-state index < -0.39 is 17.8 Å². The number of hydrogen-bond acceptors (Lipinski definition) is 4. The Morgan fingerprint density at radius 2 is 1.95 bits per heavy atom. The summed E-state index contributed by atoms with van der Waals surface area (Å²) in [5.41, 5.74) is 9.51. The van der Waals surface area contributed by atoms with Crippen molar-refractivity contribution in [2.24, 2.45) is 5.73 Å². The first-order valence-corrected chi connectivity index (χ1v) is 6.05. The van der Waals surface area contributed by atoms with Gasteiger partial charge < -0.3 is 11.5 Å². The molecule has 0 aromatic carbocycles. The van der Waals surface area contributed by atoms with Crippen LogP contribution >= 0.6 is 15.9 Å². The van der Waals surface area contributed by atoms with E-state index in [4.69, 9.17) is 11.5 Å². The lowest BCUT2D eigenvalue weighted by molar-refractivity contribution is -0.141. The Hall–Kier alpha value is -1.90. The van der Waals surface area contributed by atoms with E-state index in [1.165, 1.54) is 13.0 Å². The first-order valence-electron chi connectivity index (χ1n) is 5.26. The highest BCUT2D eigenvalue weighted by Gasteiger charge is 2.36. The third-order valence-corrected chi connectivity index (χ3v) is 3.70. The van der Waals surface area contributed by atoms with E-state index >= 15 is 0 Å². The van der Waals surface area contributed by atoms with Crippen molar-refractivity contribution in [2.45, 2.75) is 13.1 Å². The molecule has 0 saturated carbocycles. The highest BCUT2D eigenvalue weighted by Crippen LogP contribution is 2.37. The molecule has 2 aromatic rings. The number of nitrogens with two attached hydrogens (primary N) is 2. The predicted molar refractivity (Wildman–Crippen MR) is 69.9 cm³/mol. The summed E-state index contributed by atoms with van der Waals surface area (Å²) in [4.78, 5) is 18.3. The number of amides is 1. The van der Waals surface area contributed by atoms with Crippen molar-refractivity contribution in [2.75, 3.05) is 5.73 Å². The fraction of sp³-hybridized carbons (Fsp3) is 0.182. The maximum Gasteiger partial charge on any atom is 0.434 e. The van der Waals surface area contributed by atoms with Gasteiger partial charge in [-0.05, 0) is 34.5 Å². The molecular formula is C11H8BrF3N4O. The van der Waals surface area contributed by atoms with E-state index in [1.807, 2.05) is 0 Å². The molecule has 0 spiro atoms. The van der Waals surface area contributed by atoms with Crippen molar-refractivity contribution >= 4 is 38.7 Å². The lowest BCUT2D eigenvalue weighted by Crippen LogP contribution is -2.16. The van der Waals surface area contributed by atoms with Crippen LogP contribution in [0.2, 0.25) is 0 Å². The van der Waals surface area contributed by atoms with Crippen molar-refractivity contribution in [1.82, 2.24) is 9.97 Å². The van der Waals surface area contributed by atoms with Crippen molar-refractivity contribution in [3.63, 3.8) is 0 Å². The van der Waals surface area contributed by atoms with Crippen molar-refractivity contribution < 1.29 is 18.0 Å². The number of fused-ring (bicyclic) bond motifs is 1. The van der Waals surface area contributed by atoms with E-state index in [1.54, 1.807) is 0 Å². The number of hydrogen-bond donors (Lipinski definition) is 2. The monoisotopic (exact) mass is 348 g/mol. The Labute approximate surface area is 119 Å². The second-order valence-corrected chi connectivity index (χ2v) is 4.85. The van der Waals surface area contributed by atoms with Crippen LogP contribution in [0.3, 0.4) is 0 Å². The number of nitrogen functional groups attached to an aromatic ring is 1. The zero-order chi connectivity index (χ0) is 15.2. The molecule has 2 heterocycles. The van der Waals surface area contributed by atoms with Crippen molar-refractivity contribution in [3.8, 4) is 0 Å². The number of pyridine rings is 2. The zero-order valence-corrected chi connectivity index (χ0v) is 11.6. The minimum atomic E-state index is -4.63. The summed E-state index contributed by atoms with van der Waals surface area (Å²) >= 11 is 2.86. The van der Waals surface area contributed by atoms with Gasteiger partial charge in [-0.2, -0.15) is 13.2 Å². The Balaban J connectivity index is 2.88. The molecule has 0 bridgehead atoms. The number of carbonyl (C=O) groups is 1. The fourth-order valence-corrected chi connectivity index (χ4v) is 2.24. The summed E-state index contributed by atoms with van der Waals surface area (Å²) in [5, 5.41) is 0.271. The average Bonchev–Trinajstić information content (AvgIpc) is 2.31. The molecule has 0 aliphatic heterocycles. The molecule has 0 radical (unpaired) electrons. The van der Waals surface area contributed by atoms with Crippen LogP contribution in [0, 0.1) is 6.92 Å². The number of aromatic nitrogens is 2. The molecule has 1 amide bonds. The number of primary amides is 1. The standard InChI is InChI=1S/C11H8BrF3N4O/c1-3-4-2-5(9(17)20)8(16)19-10(4)18-7(6(3)12)11(13,14)15/h2H,1H3,(H2,17,20)(H2,16,18,19). The maximum absolute atomic E-state index is 12.8. The molecule has 0 fully saturated rings. The molecule has 2 aromatic heterocycles. The van der Waals surface area contributed by atoms with Crippen LogP contribution in [0.5, 0.6) is 0 Å². The summed E-state index contributed by atoms with van der Waals surface area (Å²) in [6, 6.07) is 1.28. The number of halogens is 4. The van der Waals surface area contributed by atoms with Crippen LogP contribution in [0.25, 0.3) is 11.0 Å². The lowest BCUT2D eigenvalue weighted by Gasteiger charge is -2.13. The molecule has 106 valence electrons. The highest BCUT2D eigenvalue weighted by molar-refractivity contribution is 9.10. The van der Waals surface area contributed by atoms with Gasteiger partial charge in [-0.25, -0.2) is 9.97 Å². The quantitative estimate of drug-likeness (QED) is 0.827. The molecule has 2 rings (SSSR count). The number of anilines is 1. The van der Waals surface area contributed by atoms with Gasteiger partial charge >= 0.3 is 6.18 Å². The molecule has 9 heteroatoms. The van der Waals surface area contributed by atoms with E-state index in [0.717, 1.165) is 0 Å². The van der Waals surface area contributed by atoms with Gasteiger partial charge in [0.1, 0.15) is 5.82 Å². The summed E-state index contributed by atoms with van der Waals surface area (Å²) in [7, 11) is 0. The molecule has 0 atom stereocenters. The van der Waals surface area contributed by atoms with Gasteiger partial charge in [-0.15, -0.1) is 0 Å². The Kier molecular flexibility index (Phi) is 3.32. The number of nitrogens with zero attached hydrogens (tertiary/aromatic N) is 2. The molecule has 20 heavy (non-hydrogen) atoms. The SMILES string of the molecule is Cc1c(Br)c(C(F)(F)F)nc2nc(N)c(C(N)=O)cc12. The van der Waals surface area contributed by atoms with Gasteiger partial charge in [0.05, 0.1) is 10.0 Å². The van der Waals surface area contributed by atoms with Gasteiger partial charge in [0.2, 0.25) is 0 Å². The third kappa shape index (κ3) is 2.28. The Morgan fingerprint density at radius 1 is 1.35 bits per heavy atom. The first kappa shape index (κ1) is 14.5. The van der Waals surface area contributed by atoms with Crippen LogP contribution < -0.4 is 11.5 Å². The smallest absolute Gasteiger partial charge is 0.383 e. The van der Waals surface area contributed by atoms with Crippen LogP contribution in [0.4, 0.5) is 19.0 Å². The number of alkyl halides is 3. The Morgan fingerprint density at radius 3 is 2.45 bits per heavy atom. The summed E-state index contributed by atoms with van der Waals surface area (Å²) in [6.45, 7) is 1.45. The number of rotatable bonds is 1. The molecule has 4 N–H and O–H groups in total. The van der Waals surface area contributed by atoms with E-state index in [-0.39, 0.29) is 32.5 Å². The zero-order valence-electron chi connectivity index (χ0n) is 10.0. The molecule has 0 saturated heterocycles. The predicted octanol–water partition coefficient (Wildman–Crippen LogP) is 2.40. The van der Waals surface area contributed by atoms with Crippen LogP contribution in [-0.2, 0) is 6.18 Å². The molecule has 5 nitrogen and oxygen atoms in total. The second kappa shape index (κ2) is 4.58. The largest absolute Gasteiger partial charge is 0.434 e. The number of aryl methyl sites for hydroxylation is 1. The summed E-state index contributed by atoms with van der Waals surface area (Å²) in [6.07, 6.45) is -4.63.